The van der Waals surface area contributed by atoms with E-state index in [0.29, 0.717) is 5.57 Å². The van der Waals surface area contributed by atoms with Crippen molar-refractivity contribution in [1.29, 1.82) is 0 Å². The number of nitrogens with one attached hydrogen (secondary N) is 1. The third kappa shape index (κ3) is 3.11. The zero-order valence-corrected chi connectivity index (χ0v) is 10.4. The summed E-state index contributed by atoms with van der Waals surface area (Å²) < 4.78 is 5.05. The van der Waals surface area contributed by atoms with Crippen LogP contribution in [0.15, 0.2) is 42.1 Å². The molecule has 0 saturated heterocycles. The fraction of sp³-hybridized carbons (Fsp3) is 0.231. The van der Waals surface area contributed by atoms with Crippen LogP contribution < -0.4 is 5.32 Å². The molecule has 1 aromatic rings. The summed E-state index contributed by atoms with van der Waals surface area (Å²) in [6, 6.07) is 9.18. The van der Waals surface area contributed by atoms with Crippen LogP contribution in [0.3, 0.4) is 0 Å². The first-order valence-corrected chi connectivity index (χ1v) is 5.74. The number of hydrogen-bond donors (Lipinski definition) is 2. The van der Waals surface area contributed by atoms with Gasteiger partial charge in [0.05, 0.1) is 0 Å². The fourth-order valence-corrected chi connectivity index (χ4v) is 1.58. The van der Waals surface area contributed by atoms with Crippen molar-refractivity contribution in [2.45, 2.75) is 19.9 Å². The van der Waals surface area contributed by atoms with Gasteiger partial charge in [0.2, 0.25) is 6.35 Å². The maximum Gasteiger partial charge on any atom is 0.417 e. The second-order valence-corrected chi connectivity index (χ2v) is 4.11. The van der Waals surface area contributed by atoms with Crippen molar-refractivity contribution in [3.05, 3.63) is 47.7 Å². The molecular formula is C13H14N2O4. The molecule has 0 aromatic heterocycles. The molecule has 1 unspecified atom stereocenters. The van der Waals surface area contributed by atoms with Gasteiger partial charge in [0.15, 0.2) is 0 Å². The van der Waals surface area contributed by atoms with Gasteiger partial charge in [-0.05, 0) is 12.5 Å². The topological polar surface area (TPSA) is 78.9 Å². The average Bonchev–Trinajstić information content (AvgIpc) is 2.41. The highest BCUT2D eigenvalue weighted by molar-refractivity contribution is 5.94. The highest BCUT2D eigenvalue weighted by Crippen LogP contribution is 2.11. The van der Waals surface area contributed by atoms with E-state index in [1.807, 2.05) is 30.3 Å². The van der Waals surface area contributed by atoms with Crippen molar-refractivity contribution in [3.8, 4) is 0 Å². The van der Waals surface area contributed by atoms with Crippen LogP contribution in [0.5, 0.6) is 0 Å². The lowest BCUT2D eigenvalue weighted by Crippen LogP contribution is -2.52. The Morgan fingerprint density at radius 3 is 2.79 bits per heavy atom. The summed E-state index contributed by atoms with van der Waals surface area (Å²) >= 11 is 0. The summed E-state index contributed by atoms with van der Waals surface area (Å²) in [5.74, 6) is -0.417. The summed E-state index contributed by atoms with van der Waals surface area (Å²) in [7, 11) is 0. The van der Waals surface area contributed by atoms with Crippen molar-refractivity contribution in [2.24, 2.45) is 0 Å². The lowest BCUT2D eigenvalue weighted by Gasteiger charge is -2.28. The first kappa shape index (κ1) is 13.1. The number of benzene rings is 1. The van der Waals surface area contributed by atoms with Gasteiger partial charge >= 0.3 is 6.09 Å². The monoisotopic (exact) mass is 262 g/mol. The van der Waals surface area contributed by atoms with Crippen molar-refractivity contribution in [1.82, 2.24) is 10.2 Å². The second-order valence-electron chi connectivity index (χ2n) is 4.11. The molecule has 1 aliphatic rings. The average molecular weight is 262 g/mol. The van der Waals surface area contributed by atoms with Gasteiger partial charge in [-0.25, -0.2) is 9.69 Å². The van der Waals surface area contributed by atoms with Crippen molar-refractivity contribution in [3.63, 3.8) is 0 Å². The molecular weight excluding hydrogens is 248 g/mol. The predicted molar refractivity (Wildman–Crippen MR) is 66.4 cm³/mol. The Hall–Kier alpha value is -2.34. The van der Waals surface area contributed by atoms with Gasteiger partial charge in [0, 0.05) is 11.8 Å². The quantitative estimate of drug-likeness (QED) is 0.831. The van der Waals surface area contributed by atoms with Crippen LogP contribution in [0.1, 0.15) is 12.5 Å². The molecule has 0 spiro atoms. The lowest BCUT2D eigenvalue weighted by atomic mass is 10.2. The number of carbonyl (C=O) groups excluding carboxylic acids is 2. The van der Waals surface area contributed by atoms with Gasteiger partial charge < -0.3 is 15.2 Å². The van der Waals surface area contributed by atoms with Crippen LogP contribution in [0.25, 0.3) is 0 Å². The molecule has 1 aromatic carbocycles. The van der Waals surface area contributed by atoms with Gasteiger partial charge in [-0.1, -0.05) is 30.3 Å². The zero-order chi connectivity index (χ0) is 13.8. The van der Waals surface area contributed by atoms with E-state index >= 15 is 0 Å². The van der Waals surface area contributed by atoms with Crippen LogP contribution in [-0.2, 0) is 16.1 Å². The summed E-state index contributed by atoms with van der Waals surface area (Å²) in [5, 5.41) is 11.8. The van der Waals surface area contributed by atoms with E-state index in [1.54, 1.807) is 6.92 Å². The van der Waals surface area contributed by atoms with Crippen molar-refractivity contribution >= 4 is 12.0 Å². The van der Waals surface area contributed by atoms with Crippen molar-refractivity contribution in [2.75, 3.05) is 0 Å². The maximum atomic E-state index is 11.8. The van der Waals surface area contributed by atoms with Gasteiger partial charge in [0.1, 0.15) is 6.61 Å². The number of carbonyl (C=O) groups is 2. The molecule has 1 atom stereocenters. The predicted octanol–water partition coefficient (Wildman–Crippen LogP) is 0.935. The van der Waals surface area contributed by atoms with E-state index in [4.69, 9.17) is 4.74 Å². The highest BCUT2D eigenvalue weighted by Gasteiger charge is 2.28. The molecule has 0 radical (unpaired) electrons. The molecule has 0 aliphatic carbocycles. The molecule has 0 fully saturated rings. The molecule has 2 rings (SSSR count). The van der Waals surface area contributed by atoms with E-state index < -0.39 is 18.4 Å². The minimum absolute atomic E-state index is 0.101. The van der Waals surface area contributed by atoms with Crippen LogP contribution >= 0.6 is 0 Å². The third-order valence-electron chi connectivity index (χ3n) is 2.63. The Kier molecular flexibility index (Phi) is 3.82. The molecule has 2 amide bonds. The summed E-state index contributed by atoms with van der Waals surface area (Å²) in [5.41, 5.74) is 1.16. The summed E-state index contributed by atoms with van der Waals surface area (Å²) in [6.07, 6.45) is -0.869. The van der Waals surface area contributed by atoms with E-state index in [0.717, 1.165) is 10.5 Å². The number of rotatable bonds is 2. The number of ether oxygens (including phenoxy) is 1. The van der Waals surface area contributed by atoms with Gasteiger partial charge in [0.25, 0.3) is 5.91 Å². The molecule has 1 heterocycles. The normalized spacial score (nSPS) is 18.6. The zero-order valence-electron chi connectivity index (χ0n) is 10.4. The van der Waals surface area contributed by atoms with E-state index in [9.17, 15) is 14.7 Å². The second kappa shape index (κ2) is 5.53. The van der Waals surface area contributed by atoms with Crippen LogP contribution in [0, 0.1) is 0 Å². The molecule has 1 aliphatic heterocycles. The molecule has 0 saturated carbocycles. The fourth-order valence-electron chi connectivity index (χ4n) is 1.58. The molecule has 6 heteroatoms. The Morgan fingerprint density at radius 1 is 1.42 bits per heavy atom. The molecule has 19 heavy (non-hydrogen) atoms. The smallest absolute Gasteiger partial charge is 0.417 e. The number of nitrogens with zero attached hydrogens (tertiary/aromatic N) is 1. The first-order valence-electron chi connectivity index (χ1n) is 5.74. The maximum absolute atomic E-state index is 11.8. The van der Waals surface area contributed by atoms with E-state index in [2.05, 4.69) is 5.32 Å². The molecule has 0 bridgehead atoms. The standard InChI is InChI=1S/C13H14N2O4/c1-9-7-15(12(17)14-11(9)16)13(18)19-8-10-5-3-2-4-6-10/h2-7,12,17H,8H2,1H3,(H,14,16). The number of aliphatic hydroxyl groups excluding tert-OH is 1. The Labute approximate surface area is 110 Å². The molecule has 2 N–H and O–H groups in total. The minimum Gasteiger partial charge on any atom is -0.444 e. The Morgan fingerprint density at radius 2 is 2.11 bits per heavy atom. The van der Waals surface area contributed by atoms with Crippen molar-refractivity contribution < 1.29 is 19.4 Å². The lowest BCUT2D eigenvalue weighted by molar-refractivity contribution is -0.125. The van der Waals surface area contributed by atoms with Gasteiger partial charge in [-0.15, -0.1) is 0 Å². The number of aliphatic hydroxyl groups is 1. The number of amides is 2. The summed E-state index contributed by atoms with van der Waals surface area (Å²) in [4.78, 5) is 23.9. The summed E-state index contributed by atoms with van der Waals surface area (Å²) in [6.45, 7) is 1.64. The van der Waals surface area contributed by atoms with Gasteiger partial charge in [-0.2, -0.15) is 0 Å². The largest absolute Gasteiger partial charge is 0.444 e. The number of hydrogen-bond acceptors (Lipinski definition) is 4. The van der Waals surface area contributed by atoms with Crippen LogP contribution in [-0.4, -0.2) is 28.4 Å². The Bertz CT molecular complexity index is 513. The van der Waals surface area contributed by atoms with E-state index in [-0.39, 0.29) is 6.61 Å². The third-order valence-corrected chi connectivity index (χ3v) is 2.63. The SMILES string of the molecule is CC1=CN(C(=O)OCc2ccccc2)C(O)NC1=O. The first-order chi connectivity index (χ1) is 9.08. The van der Waals surface area contributed by atoms with Crippen LogP contribution in [0.4, 0.5) is 4.79 Å². The highest BCUT2D eigenvalue weighted by atomic mass is 16.6. The molecule has 6 nitrogen and oxygen atoms in total. The molecule has 100 valence electrons. The Balaban J connectivity index is 1.98. The van der Waals surface area contributed by atoms with Gasteiger partial charge in [-0.3, -0.25) is 4.79 Å². The van der Waals surface area contributed by atoms with E-state index in [1.165, 1.54) is 6.20 Å². The minimum atomic E-state index is -1.40. The van der Waals surface area contributed by atoms with Crippen LogP contribution in [0.2, 0.25) is 0 Å².